The molecule has 0 atom stereocenters. The second kappa shape index (κ2) is 8.94. The predicted molar refractivity (Wildman–Crippen MR) is 106 cm³/mol. The third-order valence-corrected chi connectivity index (χ3v) is 3.88. The summed E-state index contributed by atoms with van der Waals surface area (Å²) in [7, 11) is 0. The Morgan fingerprint density at radius 3 is 2.81 bits per heavy atom. The van der Waals surface area contributed by atoms with E-state index in [0.29, 0.717) is 35.1 Å². The van der Waals surface area contributed by atoms with Gasteiger partial charge in [-0.1, -0.05) is 24.2 Å². The van der Waals surface area contributed by atoms with E-state index in [9.17, 15) is 0 Å². The zero-order valence-electron chi connectivity index (χ0n) is 14.4. The number of aliphatic hydroxyl groups excluding tert-OH is 1. The summed E-state index contributed by atoms with van der Waals surface area (Å²) in [5.41, 5.74) is 2.66. The number of anilines is 3. The van der Waals surface area contributed by atoms with Crippen molar-refractivity contribution in [3.05, 3.63) is 65.4 Å². The van der Waals surface area contributed by atoms with Gasteiger partial charge >= 0.3 is 0 Å². The molecule has 0 aliphatic heterocycles. The number of benzene rings is 1. The molecular weight excluding hydrogens is 364 g/mol. The van der Waals surface area contributed by atoms with E-state index >= 15 is 0 Å². The molecule has 1 aromatic carbocycles. The summed E-state index contributed by atoms with van der Waals surface area (Å²) in [6.45, 7) is 8.07. The van der Waals surface area contributed by atoms with E-state index in [-0.39, 0.29) is 12.4 Å². The number of hydrogen-bond acceptors (Lipinski definition) is 6. The first-order valence-electron chi connectivity index (χ1n) is 8.27. The highest BCUT2D eigenvalue weighted by molar-refractivity contribution is 6.30. The first-order valence-corrected chi connectivity index (χ1v) is 8.64. The van der Waals surface area contributed by atoms with Crippen molar-refractivity contribution in [2.45, 2.75) is 6.42 Å². The van der Waals surface area contributed by atoms with Gasteiger partial charge in [0, 0.05) is 29.4 Å². The minimum atomic E-state index is 0.107. The van der Waals surface area contributed by atoms with E-state index in [1.807, 2.05) is 18.2 Å². The Kier molecular flexibility index (Phi) is 6.15. The summed E-state index contributed by atoms with van der Waals surface area (Å²) in [4.78, 5) is 16.4. The molecule has 0 unspecified atom stereocenters. The molecule has 0 aliphatic carbocycles. The fourth-order valence-corrected chi connectivity index (χ4v) is 2.60. The van der Waals surface area contributed by atoms with Gasteiger partial charge in [0.1, 0.15) is 12.0 Å². The highest BCUT2D eigenvalue weighted by Gasteiger charge is 2.11. The minimum absolute atomic E-state index is 0.107. The normalized spacial score (nSPS) is 10.3. The van der Waals surface area contributed by atoms with Crippen LogP contribution in [0.1, 0.15) is 6.42 Å². The molecule has 136 valence electrons. The van der Waals surface area contributed by atoms with Crippen LogP contribution in [-0.2, 0) is 0 Å². The van der Waals surface area contributed by atoms with Crippen LogP contribution in [-0.4, -0.2) is 33.2 Å². The lowest BCUT2D eigenvalue weighted by molar-refractivity contribution is 0.292. The topological polar surface area (TPSA) is 87.3 Å². The van der Waals surface area contributed by atoms with Gasteiger partial charge in [0.2, 0.25) is 0 Å². The monoisotopic (exact) mass is 380 g/mol. The summed E-state index contributed by atoms with van der Waals surface area (Å²) in [6, 6.07) is 9.10. The lowest BCUT2D eigenvalue weighted by atomic mass is 10.2. The Bertz CT molecular complexity index is 972. The van der Waals surface area contributed by atoms with Crippen molar-refractivity contribution in [3.8, 4) is 11.3 Å². The SMILES string of the molecule is [C-]#[N+]c1ncc(NCCCO)cc1-c1cncc(Nc2cccc(Cl)c2)n1. The van der Waals surface area contributed by atoms with Crippen LogP contribution in [0.25, 0.3) is 16.1 Å². The summed E-state index contributed by atoms with van der Waals surface area (Å²) < 4.78 is 0. The maximum Gasteiger partial charge on any atom is 0.279 e. The van der Waals surface area contributed by atoms with Crippen molar-refractivity contribution < 1.29 is 5.11 Å². The van der Waals surface area contributed by atoms with Crippen LogP contribution in [0.3, 0.4) is 0 Å². The van der Waals surface area contributed by atoms with E-state index < -0.39 is 0 Å². The molecule has 0 saturated heterocycles. The zero-order chi connectivity index (χ0) is 19.1. The fraction of sp³-hybridized carbons (Fsp3) is 0.158. The van der Waals surface area contributed by atoms with Crippen molar-refractivity contribution in [3.63, 3.8) is 0 Å². The van der Waals surface area contributed by atoms with Gasteiger partial charge in [0.05, 0.1) is 23.8 Å². The van der Waals surface area contributed by atoms with Gasteiger partial charge in [-0.15, -0.1) is 4.98 Å². The number of pyridine rings is 1. The summed E-state index contributed by atoms with van der Waals surface area (Å²) in [5, 5.41) is 15.8. The van der Waals surface area contributed by atoms with Crippen LogP contribution in [0.2, 0.25) is 5.02 Å². The molecule has 3 aromatic rings. The number of aromatic nitrogens is 3. The van der Waals surface area contributed by atoms with Crippen molar-refractivity contribution in [1.82, 2.24) is 15.0 Å². The molecular formula is C19H17ClN6O. The van der Waals surface area contributed by atoms with Crippen LogP contribution in [0.15, 0.2) is 48.9 Å². The summed E-state index contributed by atoms with van der Waals surface area (Å²) in [5.74, 6) is 0.779. The second-order valence-electron chi connectivity index (χ2n) is 5.64. The largest absolute Gasteiger partial charge is 0.396 e. The second-order valence-corrected chi connectivity index (χ2v) is 6.07. The molecule has 0 amide bonds. The number of nitrogens with zero attached hydrogens (tertiary/aromatic N) is 4. The van der Waals surface area contributed by atoms with E-state index in [4.69, 9.17) is 23.3 Å². The predicted octanol–water partition coefficient (Wildman–Crippen LogP) is 4.28. The lowest BCUT2D eigenvalue weighted by Crippen LogP contribution is -2.04. The third-order valence-electron chi connectivity index (χ3n) is 3.64. The Balaban J connectivity index is 1.89. The number of halogens is 1. The maximum absolute atomic E-state index is 8.90. The Morgan fingerprint density at radius 1 is 1.15 bits per heavy atom. The van der Waals surface area contributed by atoms with E-state index in [1.54, 1.807) is 30.7 Å². The van der Waals surface area contributed by atoms with E-state index in [1.165, 1.54) is 0 Å². The van der Waals surface area contributed by atoms with Gasteiger partial charge in [-0.2, -0.15) is 0 Å². The molecule has 3 N–H and O–H groups in total. The molecule has 0 bridgehead atoms. The summed E-state index contributed by atoms with van der Waals surface area (Å²) in [6.07, 6.45) is 5.40. The number of hydrogen-bond donors (Lipinski definition) is 3. The van der Waals surface area contributed by atoms with Gasteiger partial charge < -0.3 is 20.6 Å². The van der Waals surface area contributed by atoms with Gasteiger partial charge in [-0.3, -0.25) is 4.98 Å². The molecule has 0 saturated carbocycles. The minimum Gasteiger partial charge on any atom is -0.396 e. The van der Waals surface area contributed by atoms with E-state index in [0.717, 1.165) is 11.4 Å². The average Bonchev–Trinajstić information content (AvgIpc) is 2.68. The number of rotatable bonds is 7. The quantitative estimate of drug-likeness (QED) is 0.419. The van der Waals surface area contributed by atoms with Crippen molar-refractivity contribution >= 4 is 34.6 Å². The molecule has 2 aromatic heterocycles. The van der Waals surface area contributed by atoms with Gasteiger partial charge in [-0.25, -0.2) is 4.98 Å². The molecule has 0 fully saturated rings. The van der Waals surface area contributed by atoms with Gasteiger partial charge in [0.25, 0.3) is 5.82 Å². The molecule has 2 heterocycles. The molecule has 0 aliphatic rings. The number of nitrogens with one attached hydrogen (secondary N) is 2. The molecule has 7 nitrogen and oxygen atoms in total. The zero-order valence-corrected chi connectivity index (χ0v) is 15.1. The smallest absolute Gasteiger partial charge is 0.279 e. The molecule has 8 heteroatoms. The van der Waals surface area contributed by atoms with Crippen LogP contribution in [0, 0.1) is 6.57 Å². The molecule has 27 heavy (non-hydrogen) atoms. The number of aliphatic hydroxyl groups is 1. The standard InChI is InChI=1S/C19H17ClN6O/c1-21-19-16(9-15(10-24-19)23-6-3-7-27)17-11-22-12-18(26-17)25-14-5-2-4-13(20)8-14/h2,4-5,8-12,23,27H,3,6-7H2,(H,25,26). The maximum atomic E-state index is 8.90. The molecule has 0 radical (unpaired) electrons. The Labute approximate surface area is 161 Å². The molecule has 0 spiro atoms. The highest BCUT2D eigenvalue weighted by atomic mass is 35.5. The Hall–Kier alpha value is -3.21. The van der Waals surface area contributed by atoms with Crippen LogP contribution in [0.4, 0.5) is 23.0 Å². The van der Waals surface area contributed by atoms with Crippen LogP contribution >= 0.6 is 11.6 Å². The van der Waals surface area contributed by atoms with Crippen LogP contribution in [0.5, 0.6) is 0 Å². The van der Waals surface area contributed by atoms with Crippen molar-refractivity contribution in [2.75, 3.05) is 23.8 Å². The lowest BCUT2D eigenvalue weighted by Gasteiger charge is -2.10. The van der Waals surface area contributed by atoms with Gasteiger partial charge in [0.15, 0.2) is 0 Å². The fourth-order valence-electron chi connectivity index (χ4n) is 2.41. The van der Waals surface area contributed by atoms with Gasteiger partial charge in [-0.05, 0) is 30.7 Å². The van der Waals surface area contributed by atoms with E-state index in [2.05, 4.69) is 30.4 Å². The Morgan fingerprint density at radius 2 is 2.04 bits per heavy atom. The van der Waals surface area contributed by atoms with Crippen molar-refractivity contribution in [1.29, 1.82) is 0 Å². The third kappa shape index (κ3) is 4.91. The summed E-state index contributed by atoms with van der Waals surface area (Å²) >= 11 is 6.01. The highest BCUT2D eigenvalue weighted by Crippen LogP contribution is 2.30. The first kappa shape index (κ1) is 18.6. The average molecular weight is 381 g/mol. The first-order chi connectivity index (χ1) is 13.2. The molecule has 3 rings (SSSR count). The van der Waals surface area contributed by atoms with Crippen molar-refractivity contribution in [2.24, 2.45) is 0 Å². The van der Waals surface area contributed by atoms with Crippen LogP contribution < -0.4 is 10.6 Å².